The van der Waals surface area contributed by atoms with Crippen molar-refractivity contribution in [1.82, 2.24) is 0 Å². The predicted octanol–water partition coefficient (Wildman–Crippen LogP) is 3.83. The smallest absolute Gasteiger partial charge is 0.258 e. The summed E-state index contributed by atoms with van der Waals surface area (Å²) in [6, 6.07) is 13.0. The number of carbonyl (C=O) groups excluding carboxylic acids is 1. The number of anilines is 1. The fraction of sp³-hybridized carbons (Fsp3) is 0.235. The normalized spacial score (nSPS) is 19.2. The molecule has 1 aliphatic rings. The summed E-state index contributed by atoms with van der Waals surface area (Å²) in [6.07, 6.45) is 0.421. The third kappa shape index (κ3) is 3.74. The maximum absolute atomic E-state index is 13.0. The lowest BCUT2D eigenvalue weighted by atomic mass is 10.1. The first-order valence-electron chi connectivity index (χ1n) is 7.41. The molecule has 0 unspecified atom stereocenters. The minimum absolute atomic E-state index is 0.0328. The highest BCUT2D eigenvalue weighted by atomic mass is 35.5. The van der Waals surface area contributed by atoms with Crippen LogP contribution < -0.4 is 4.90 Å². The van der Waals surface area contributed by atoms with Gasteiger partial charge < -0.3 is 4.90 Å². The van der Waals surface area contributed by atoms with Crippen LogP contribution in [0.1, 0.15) is 16.8 Å². The summed E-state index contributed by atoms with van der Waals surface area (Å²) in [7, 11) is -3.12. The molecule has 0 radical (unpaired) electrons. The zero-order valence-electron chi connectivity index (χ0n) is 12.7. The van der Waals surface area contributed by atoms with E-state index >= 15 is 0 Å². The maximum Gasteiger partial charge on any atom is 0.258 e. The Morgan fingerprint density at radius 1 is 0.958 bits per heavy atom. The number of halogens is 2. The lowest BCUT2D eigenvalue weighted by Gasteiger charge is -2.28. The minimum atomic E-state index is -3.12. The molecule has 126 valence electrons. The van der Waals surface area contributed by atoms with E-state index in [9.17, 15) is 13.2 Å². The third-order valence-corrected chi connectivity index (χ3v) is 6.24. The van der Waals surface area contributed by atoms with Crippen molar-refractivity contribution in [1.29, 1.82) is 0 Å². The van der Waals surface area contributed by atoms with Crippen LogP contribution >= 0.6 is 23.2 Å². The Hall–Kier alpha value is -1.56. The second-order valence-electron chi connectivity index (χ2n) is 5.72. The number of hydrogen-bond acceptors (Lipinski definition) is 3. The average molecular weight is 384 g/mol. The Morgan fingerprint density at radius 2 is 1.50 bits per heavy atom. The van der Waals surface area contributed by atoms with Gasteiger partial charge in [0.2, 0.25) is 0 Å². The molecule has 1 heterocycles. The summed E-state index contributed by atoms with van der Waals surface area (Å²) < 4.78 is 23.7. The van der Waals surface area contributed by atoms with E-state index in [2.05, 4.69) is 0 Å². The number of nitrogens with zero attached hydrogens (tertiary/aromatic N) is 1. The molecule has 2 aromatic rings. The monoisotopic (exact) mass is 383 g/mol. The first-order valence-corrected chi connectivity index (χ1v) is 9.98. The highest BCUT2D eigenvalue weighted by Gasteiger charge is 2.35. The molecule has 3 rings (SSSR count). The third-order valence-electron chi connectivity index (χ3n) is 3.99. The molecule has 4 nitrogen and oxygen atoms in total. The number of sulfone groups is 1. The van der Waals surface area contributed by atoms with Gasteiger partial charge in [-0.15, -0.1) is 0 Å². The van der Waals surface area contributed by atoms with Crippen molar-refractivity contribution in [2.45, 2.75) is 12.5 Å². The molecule has 2 aromatic carbocycles. The molecule has 0 bridgehead atoms. The molecule has 7 heteroatoms. The van der Waals surface area contributed by atoms with E-state index in [1.807, 2.05) is 0 Å². The quantitative estimate of drug-likeness (QED) is 0.808. The van der Waals surface area contributed by atoms with Crippen LogP contribution in [0.2, 0.25) is 10.0 Å². The molecule has 0 aromatic heterocycles. The van der Waals surface area contributed by atoms with E-state index in [1.54, 1.807) is 53.4 Å². The molecular weight excluding hydrogens is 369 g/mol. The Labute approximate surface area is 150 Å². The second-order valence-corrected chi connectivity index (χ2v) is 8.82. The molecular formula is C17H15Cl2NO3S. The molecule has 1 aliphatic heterocycles. The Morgan fingerprint density at radius 3 is 2.00 bits per heavy atom. The van der Waals surface area contributed by atoms with Crippen molar-refractivity contribution >= 4 is 44.6 Å². The predicted molar refractivity (Wildman–Crippen MR) is 96.8 cm³/mol. The number of amides is 1. The van der Waals surface area contributed by atoms with Gasteiger partial charge in [-0.3, -0.25) is 4.79 Å². The van der Waals surface area contributed by atoms with Gasteiger partial charge in [-0.25, -0.2) is 8.42 Å². The van der Waals surface area contributed by atoms with Crippen molar-refractivity contribution in [2.75, 3.05) is 16.4 Å². The van der Waals surface area contributed by atoms with Gasteiger partial charge >= 0.3 is 0 Å². The Balaban J connectivity index is 1.99. The number of rotatable bonds is 3. The van der Waals surface area contributed by atoms with E-state index in [-0.39, 0.29) is 23.5 Å². The number of benzene rings is 2. The summed E-state index contributed by atoms with van der Waals surface area (Å²) in [6.45, 7) is 0. The first-order chi connectivity index (χ1) is 11.4. The lowest BCUT2D eigenvalue weighted by molar-refractivity contribution is 0.0979. The molecule has 1 fully saturated rings. The maximum atomic E-state index is 13.0. The van der Waals surface area contributed by atoms with Crippen LogP contribution in [0.5, 0.6) is 0 Å². The fourth-order valence-corrected chi connectivity index (χ4v) is 4.76. The van der Waals surface area contributed by atoms with E-state index in [0.29, 0.717) is 27.7 Å². The van der Waals surface area contributed by atoms with Crippen molar-refractivity contribution in [3.63, 3.8) is 0 Å². The molecule has 1 atom stereocenters. The van der Waals surface area contributed by atoms with Crippen LogP contribution in [-0.4, -0.2) is 31.9 Å². The minimum Gasteiger partial charge on any atom is -0.304 e. The molecule has 0 saturated carbocycles. The van der Waals surface area contributed by atoms with Gasteiger partial charge in [0.25, 0.3) is 5.91 Å². The second kappa shape index (κ2) is 6.75. The molecule has 0 spiro atoms. The Bertz CT molecular complexity index is 848. The van der Waals surface area contributed by atoms with E-state index in [1.165, 1.54) is 0 Å². The summed E-state index contributed by atoms with van der Waals surface area (Å²) in [5, 5.41) is 1.09. The summed E-state index contributed by atoms with van der Waals surface area (Å²) in [5.41, 5.74) is 1.08. The van der Waals surface area contributed by atoms with Crippen LogP contribution in [-0.2, 0) is 9.84 Å². The van der Waals surface area contributed by atoms with Gasteiger partial charge in [-0.1, -0.05) is 23.2 Å². The fourth-order valence-electron chi connectivity index (χ4n) is 2.81. The van der Waals surface area contributed by atoms with Gasteiger partial charge in [0.15, 0.2) is 9.84 Å². The largest absolute Gasteiger partial charge is 0.304 e. The average Bonchev–Trinajstić information content (AvgIpc) is 2.90. The summed E-state index contributed by atoms with van der Waals surface area (Å²) >= 11 is 11.8. The van der Waals surface area contributed by atoms with Crippen molar-refractivity contribution in [2.24, 2.45) is 0 Å². The van der Waals surface area contributed by atoms with Crippen molar-refractivity contribution < 1.29 is 13.2 Å². The zero-order chi connectivity index (χ0) is 17.3. The molecule has 1 amide bonds. The van der Waals surface area contributed by atoms with Crippen molar-refractivity contribution in [3.8, 4) is 0 Å². The zero-order valence-corrected chi connectivity index (χ0v) is 15.0. The topological polar surface area (TPSA) is 54.5 Å². The van der Waals surface area contributed by atoms with E-state index in [4.69, 9.17) is 23.2 Å². The molecule has 24 heavy (non-hydrogen) atoms. The first kappa shape index (κ1) is 17.3. The van der Waals surface area contributed by atoms with E-state index < -0.39 is 9.84 Å². The SMILES string of the molecule is O=C(c1ccc(Cl)cc1)N(c1ccc(Cl)cc1)[C@H]1CCS(=O)(=O)C1. The van der Waals surface area contributed by atoms with Gasteiger partial charge in [0, 0.05) is 21.3 Å². The summed E-state index contributed by atoms with van der Waals surface area (Å²) in [5.74, 6) is -0.193. The lowest BCUT2D eigenvalue weighted by Crippen LogP contribution is -2.41. The van der Waals surface area contributed by atoms with Gasteiger partial charge in [0.1, 0.15) is 0 Å². The van der Waals surface area contributed by atoms with Crippen LogP contribution in [0.25, 0.3) is 0 Å². The number of carbonyl (C=O) groups is 1. The highest BCUT2D eigenvalue weighted by molar-refractivity contribution is 7.91. The van der Waals surface area contributed by atoms with Crippen LogP contribution in [0.15, 0.2) is 48.5 Å². The van der Waals surface area contributed by atoms with Crippen LogP contribution in [0.4, 0.5) is 5.69 Å². The van der Waals surface area contributed by atoms with Crippen molar-refractivity contribution in [3.05, 3.63) is 64.1 Å². The highest BCUT2D eigenvalue weighted by Crippen LogP contribution is 2.28. The van der Waals surface area contributed by atoms with Gasteiger partial charge in [-0.05, 0) is 55.0 Å². The molecule has 1 saturated heterocycles. The number of hydrogen-bond donors (Lipinski definition) is 0. The standard InChI is InChI=1S/C17H15Cl2NO3S/c18-13-3-1-12(2-4-13)17(21)20(15-7-5-14(19)6-8-15)16-9-10-24(22,23)11-16/h1-8,16H,9-11H2/t16-/m0/s1. The van der Waals surface area contributed by atoms with Crippen LogP contribution in [0.3, 0.4) is 0 Å². The summed E-state index contributed by atoms with van der Waals surface area (Å²) in [4.78, 5) is 14.5. The molecule has 0 N–H and O–H groups in total. The Kier molecular flexibility index (Phi) is 4.85. The van der Waals surface area contributed by atoms with Gasteiger partial charge in [0.05, 0.1) is 17.5 Å². The van der Waals surface area contributed by atoms with E-state index in [0.717, 1.165) is 0 Å². The van der Waals surface area contributed by atoms with Gasteiger partial charge in [-0.2, -0.15) is 0 Å². The molecule has 0 aliphatic carbocycles. The van der Waals surface area contributed by atoms with Crippen LogP contribution in [0, 0.1) is 0 Å².